The average Bonchev–Trinajstić information content (AvgIpc) is 3.24. The molecule has 2 N–H and O–H groups in total. The second kappa shape index (κ2) is 11.0. The van der Waals surface area contributed by atoms with Gasteiger partial charge in [-0.25, -0.2) is 0 Å². The number of benzene rings is 1. The highest BCUT2D eigenvalue weighted by atomic mass is 32.2. The van der Waals surface area contributed by atoms with Gasteiger partial charge in [0.2, 0.25) is 11.8 Å². The molecule has 7 nitrogen and oxygen atoms in total. The molecule has 3 rings (SSSR count). The molecule has 3 atom stereocenters. The smallest absolute Gasteiger partial charge is 0.233 e. The first kappa shape index (κ1) is 22.1. The molecule has 2 fully saturated rings. The lowest BCUT2D eigenvalue weighted by Gasteiger charge is -2.37. The van der Waals surface area contributed by atoms with Crippen LogP contribution >= 0.6 is 11.8 Å². The summed E-state index contributed by atoms with van der Waals surface area (Å²) in [5.74, 6) is 0.399. The Balaban J connectivity index is 1.51. The summed E-state index contributed by atoms with van der Waals surface area (Å²) in [7, 11) is 0. The van der Waals surface area contributed by atoms with E-state index in [0.29, 0.717) is 18.5 Å². The van der Waals surface area contributed by atoms with E-state index in [9.17, 15) is 9.59 Å². The van der Waals surface area contributed by atoms with Crippen molar-refractivity contribution in [2.24, 2.45) is 5.92 Å². The van der Waals surface area contributed by atoms with Crippen molar-refractivity contribution in [1.29, 1.82) is 0 Å². The van der Waals surface area contributed by atoms with E-state index < -0.39 is 0 Å². The lowest BCUT2D eigenvalue weighted by Crippen LogP contribution is -2.53. The van der Waals surface area contributed by atoms with Gasteiger partial charge in [0.25, 0.3) is 0 Å². The van der Waals surface area contributed by atoms with Crippen LogP contribution in [-0.4, -0.2) is 74.1 Å². The molecule has 8 heteroatoms. The van der Waals surface area contributed by atoms with Gasteiger partial charge in [0.15, 0.2) is 0 Å². The van der Waals surface area contributed by atoms with E-state index in [-0.39, 0.29) is 17.1 Å². The van der Waals surface area contributed by atoms with Gasteiger partial charge in [-0.05, 0) is 37.6 Å². The van der Waals surface area contributed by atoms with E-state index in [4.69, 9.17) is 9.47 Å². The van der Waals surface area contributed by atoms with Gasteiger partial charge in [0, 0.05) is 55.7 Å². The fourth-order valence-electron chi connectivity index (χ4n) is 3.79. The van der Waals surface area contributed by atoms with Crippen LogP contribution in [0.2, 0.25) is 0 Å². The first-order valence-corrected chi connectivity index (χ1v) is 11.1. The van der Waals surface area contributed by atoms with Gasteiger partial charge in [-0.15, -0.1) is 11.8 Å². The van der Waals surface area contributed by atoms with Crippen molar-refractivity contribution in [2.45, 2.75) is 36.5 Å². The Hall–Kier alpha value is -1.61. The Morgan fingerprint density at radius 1 is 1.17 bits per heavy atom. The summed E-state index contributed by atoms with van der Waals surface area (Å²) < 4.78 is 11.1. The molecule has 2 saturated heterocycles. The maximum atomic E-state index is 12.7. The Morgan fingerprint density at radius 3 is 2.52 bits per heavy atom. The van der Waals surface area contributed by atoms with E-state index in [1.807, 2.05) is 31.2 Å². The summed E-state index contributed by atoms with van der Waals surface area (Å²) in [5.41, 5.74) is 0.756. The number of hydrogen-bond acceptors (Lipinski definition) is 6. The van der Waals surface area contributed by atoms with Crippen molar-refractivity contribution < 1.29 is 19.1 Å². The molecule has 1 aromatic rings. The van der Waals surface area contributed by atoms with Crippen molar-refractivity contribution in [1.82, 2.24) is 10.2 Å². The van der Waals surface area contributed by atoms with E-state index in [2.05, 4.69) is 15.5 Å². The van der Waals surface area contributed by atoms with Crippen LogP contribution in [0.3, 0.4) is 0 Å². The molecule has 160 valence electrons. The van der Waals surface area contributed by atoms with Gasteiger partial charge < -0.3 is 20.1 Å². The third kappa shape index (κ3) is 6.70. The highest BCUT2D eigenvalue weighted by Crippen LogP contribution is 2.25. The Kier molecular flexibility index (Phi) is 8.35. The summed E-state index contributed by atoms with van der Waals surface area (Å²) in [5, 5.41) is 5.71. The van der Waals surface area contributed by atoms with Gasteiger partial charge in [0.1, 0.15) is 0 Å². The first-order chi connectivity index (χ1) is 14.0. The normalized spacial score (nSPS) is 22.1. The fourth-order valence-corrected chi connectivity index (χ4v) is 4.68. The second-order valence-corrected chi connectivity index (χ2v) is 8.96. The predicted octanol–water partition coefficient (Wildman–Crippen LogP) is 1.98. The summed E-state index contributed by atoms with van der Waals surface area (Å²) in [6.45, 7) is 8.92. The molecule has 0 spiro atoms. The topological polar surface area (TPSA) is 79.9 Å². The number of carbonyl (C=O) groups is 2. The van der Waals surface area contributed by atoms with Crippen LogP contribution in [0.4, 0.5) is 5.69 Å². The summed E-state index contributed by atoms with van der Waals surface area (Å²) in [4.78, 5) is 27.2. The minimum Gasteiger partial charge on any atom is -0.381 e. The summed E-state index contributed by atoms with van der Waals surface area (Å²) in [6.07, 6.45) is 1.04. The van der Waals surface area contributed by atoms with E-state index in [1.165, 1.54) is 18.7 Å². The third-order valence-corrected chi connectivity index (χ3v) is 6.48. The van der Waals surface area contributed by atoms with E-state index in [1.54, 1.807) is 0 Å². The van der Waals surface area contributed by atoms with Gasteiger partial charge in [-0.1, -0.05) is 0 Å². The Bertz CT molecular complexity index is 673. The van der Waals surface area contributed by atoms with Crippen LogP contribution in [0, 0.1) is 5.92 Å². The number of morpholine rings is 1. The monoisotopic (exact) mass is 421 g/mol. The van der Waals surface area contributed by atoms with Crippen molar-refractivity contribution in [2.75, 3.05) is 51.4 Å². The Morgan fingerprint density at radius 2 is 1.90 bits per heavy atom. The van der Waals surface area contributed by atoms with Gasteiger partial charge >= 0.3 is 0 Å². The van der Waals surface area contributed by atoms with Gasteiger partial charge in [-0.3, -0.25) is 14.5 Å². The number of carbonyl (C=O) groups excluding carboxylic acids is 2. The molecular weight excluding hydrogens is 390 g/mol. The fraction of sp³-hybridized carbons (Fsp3) is 0.619. The van der Waals surface area contributed by atoms with Crippen LogP contribution in [-0.2, 0) is 19.1 Å². The molecule has 2 aliphatic heterocycles. The first-order valence-electron chi connectivity index (χ1n) is 10.2. The minimum atomic E-state index is -0.202. The van der Waals surface area contributed by atoms with Crippen molar-refractivity contribution in [3.05, 3.63) is 24.3 Å². The number of nitrogens with one attached hydrogen (secondary N) is 2. The zero-order valence-corrected chi connectivity index (χ0v) is 18.0. The van der Waals surface area contributed by atoms with Gasteiger partial charge in [0.05, 0.1) is 25.1 Å². The zero-order valence-electron chi connectivity index (χ0n) is 17.2. The molecule has 2 amide bonds. The molecule has 2 heterocycles. The molecule has 0 bridgehead atoms. The highest BCUT2D eigenvalue weighted by molar-refractivity contribution is 8.00. The van der Waals surface area contributed by atoms with Crippen LogP contribution < -0.4 is 10.6 Å². The van der Waals surface area contributed by atoms with Gasteiger partial charge in [-0.2, -0.15) is 0 Å². The molecule has 0 radical (unpaired) electrons. The molecule has 0 saturated carbocycles. The number of amides is 2. The number of hydrogen-bond donors (Lipinski definition) is 2. The lowest BCUT2D eigenvalue weighted by molar-refractivity contribution is -0.120. The molecule has 0 aliphatic carbocycles. The van der Waals surface area contributed by atoms with Crippen molar-refractivity contribution in [3.8, 4) is 0 Å². The number of nitrogens with zero attached hydrogens (tertiary/aromatic N) is 1. The molecule has 29 heavy (non-hydrogen) atoms. The highest BCUT2D eigenvalue weighted by Gasteiger charge is 2.32. The SMILES string of the molecule is CC(=O)Nc1ccc(SC(C)C(=O)NCC(C2CCOC2)N2CCOCC2)cc1. The molecule has 1 aromatic carbocycles. The number of thioether (sulfide) groups is 1. The molecule has 2 aliphatic rings. The predicted molar refractivity (Wildman–Crippen MR) is 114 cm³/mol. The van der Waals surface area contributed by atoms with Crippen LogP contribution in [0.25, 0.3) is 0 Å². The molecule has 0 aromatic heterocycles. The number of anilines is 1. The van der Waals surface area contributed by atoms with Crippen molar-refractivity contribution >= 4 is 29.3 Å². The average molecular weight is 422 g/mol. The maximum Gasteiger partial charge on any atom is 0.233 e. The Labute approximate surface area is 176 Å². The standard InChI is InChI=1S/C21H31N3O4S/c1-15(29-19-5-3-18(4-6-19)23-16(2)25)21(26)22-13-20(17-7-10-28-14-17)24-8-11-27-12-9-24/h3-6,15,17,20H,7-14H2,1-2H3,(H,22,26)(H,23,25). The van der Waals surface area contributed by atoms with Crippen LogP contribution in [0.1, 0.15) is 20.3 Å². The zero-order chi connectivity index (χ0) is 20.6. The van der Waals surface area contributed by atoms with Crippen molar-refractivity contribution in [3.63, 3.8) is 0 Å². The van der Waals surface area contributed by atoms with E-state index >= 15 is 0 Å². The van der Waals surface area contributed by atoms with E-state index in [0.717, 1.165) is 56.5 Å². The third-order valence-electron chi connectivity index (χ3n) is 5.37. The lowest BCUT2D eigenvalue weighted by atomic mass is 9.97. The van der Waals surface area contributed by atoms with Crippen LogP contribution in [0.15, 0.2) is 29.2 Å². The number of ether oxygens (including phenoxy) is 2. The quantitative estimate of drug-likeness (QED) is 0.625. The largest absolute Gasteiger partial charge is 0.381 e. The number of rotatable bonds is 8. The summed E-state index contributed by atoms with van der Waals surface area (Å²) in [6, 6.07) is 7.84. The van der Waals surface area contributed by atoms with Crippen LogP contribution in [0.5, 0.6) is 0 Å². The maximum absolute atomic E-state index is 12.7. The molecular formula is C21H31N3O4S. The second-order valence-electron chi connectivity index (χ2n) is 7.55. The minimum absolute atomic E-state index is 0.0399. The molecule has 3 unspecified atom stereocenters. The summed E-state index contributed by atoms with van der Waals surface area (Å²) >= 11 is 1.52.